The Morgan fingerprint density at radius 3 is 2.38 bits per heavy atom. The Morgan fingerprint density at radius 1 is 1.21 bits per heavy atom. The molecule has 29 heavy (non-hydrogen) atoms. The minimum atomic E-state index is -5.77. The normalized spacial score (nSPS) is 20.7. The number of hydrogen-bond donors (Lipinski definition) is 1. The van der Waals surface area contributed by atoms with Crippen LogP contribution in [0.1, 0.15) is 13.8 Å². The molecule has 1 aliphatic rings. The summed E-state index contributed by atoms with van der Waals surface area (Å²) in [5.74, 6) is -0.480. The minimum Gasteiger partial charge on any atom is -0.465 e. The number of benzene rings is 1. The quantitative estimate of drug-likeness (QED) is 0.587. The summed E-state index contributed by atoms with van der Waals surface area (Å²) in [6.07, 6.45) is 0.569. The van der Waals surface area contributed by atoms with E-state index in [2.05, 4.69) is 9.17 Å². The molecular formula is C17H18F3N3O5S. The third kappa shape index (κ3) is 4.16. The van der Waals surface area contributed by atoms with Crippen molar-refractivity contribution in [3.63, 3.8) is 0 Å². The van der Waals surface area contributed by atoms with Crippen LogP contribution in [-0.4, -0.2) is 60.2 Å². The molecule has 1 aromatic carbocycles. The number of fused-ring (bicyclic) bond motifs is 1. The summed E-state index contributed by atoms with van der Waals surface area (Å²) in [6, 6.07) is 4.69. The molecule has 2 heterocycles. The number of carbonyl (C=O) groups is 1. The SMILES string of the molecule is C[C@@H]1CN(c2cnc3ccc(OS(=O)(=O)C(F)(F)F)cc3c2)C[C@H](C)N1C(=O)O. The summed E-state index contributed by atoms with van der Waals surface area (Å²) in [5, 5.41) is 9.70. The molecule has 0 spiro atoms. The van der Waals surface area contributed by atoms with Crippen LogP contribution in [0.15, 0.2) is 30.5 Å². The maximum absolute atomic E-state index is 12.5. The van der Waals surface area contributed by atoms with E-state index in [1.807, 2.05) is 4.90 Å². The number of nitrogens with zero attached hydrogens (tertiary/aromatic N) is 3. The van der Waals surface area contributed by atoms with Crippen LogP contribution in [-0.2, 0) is 10.1 Å². The molecular weight excluding hydrogens is 415 g/mol. The smallest absolute Gasteiger partial charge is 0.465 e. The fourth-order valence-corrected chi connectivity index (χ4v) is 3.86. The average Bonchev–Trinajstić information content (AvgIpc) is 2.58. The fraction of sp³-hybridized carbons (Fsp3) is 0.412. The highest BCUT2D eigenvalue weighted by atomic mass is 32.2. The molecule has 2 aromatic rings. The molecule has 158 valence electrons. The van der Waals surface area contributed by atoms with Crippen molar-refractivity contribution in [3.8, 4) is 5.75 Å². The van der Waals surface area contributed by atoms with Gasteiger partial charge in [0, 0.05) is 18.5 Å². The van der Waals surface area contributed by atoms with Crippen molar-refractivity contribution in [2.24, 2.45) is 0 Å². The third-order valence-electron chi connectivity index (χ3n) is 4.63. The molecule has 0 aliphatic carbocycles. The zero-order valence-corrected chi connectivity index (χ0v) is 16.2. The van der Waals surface area contributed by atoms with Crippen LogP contribution in [0.5, 0.6) is 5.75 Å². The van der Waals surface area contributed by atoms with Crippen molar-refractivity contribution in [2.45, 2.75) is 31.4 Å². The Hall–Kier alpha value is -2.76. The molecule has 2 atom stereocenters. The lowest BCUT2D eigenvalue weighted by Gasteiger charge is -2.43. The number of aromatic nitrogens is 1. The molecule has 1 fully saturated rings. The minimum absolute atomic E-state index is 0.279. The van der Waals surface area contributed by atoms with E-state index in [4.69, 9.17) is 0 Å². The summed E-state index contributed by atoms with van der Waals surface area (Å²) < 4.78 is 64.2. The van der Waals surface area contributed by atoms with Crippen LogP contribution in [0, 0.1) is 0 Å². The van der Waals surface area contributed by atoms with E-state index in [9.17, 15) is 31.5 Å². The van der Waals surface area contributed by atoms with Gasteiger partial charge in [-0.3, -0.25) is 9.88 Å². The van der Waals surface area contributed by atoms with E-state index in [1.54, 1.807) is 26.1 Å². The van der Waals surface area contributed by atoms with Crippen molar-refractivity contribution in [3.05, 3.63) is 30.5 Å². The van der Waals surface area contributed by atoms with Crippen molar-refractivity contribution in [1.29, 1.82) is 0 Å². The van der Waals surface area contributed by atoms with Crippen molar-refractivity contribution >= 4 is 32.8 Å². The van der Waals surface area contributed by atoms with Crippen LogP contribution in [0.2, 0.25) is 0 Å². The Morgan fingerprint density at radius 2 is 1.83 bits per heavy atom. The highest BCUT2D eigenvalue weighted by Gasteiger charge is 2.48. The highest BCUT2D eigenvalue weighted by molar-refractivity contribution is 7.88. The van der Waals surface area contributed by atoms with Gasteiger partial charge >= 0.3 is 21.7 Å². The van der Waals surface area contributed by atoms with Gasteiger partial charge in [-0.2, -0.15) is 21.6 Å². The molecule has 1 aliphatic heterocycles. The van der Waals surface area contributed by atoms with Gasteiger partial charge in [0.15, 0.2) is 0 Å². The predicted octanol–water partition coefficient (Wildman–Crippen LogP) is 3.04. The van der Waals surface area contributed by atoms with Gasteiger partial charge in [-0.25, -0.2) is 4.79 Å². The maximum Gasteiger partial charge on any atom is 0.534 e. The van der Waals surface area contributed by atoms with Gasteiger partial charge in [-0.1, -0.05) is 0 Å². The number of alkyl halides is 3. The van der Waals surface area contributed by atoms with E-state index >= 15 is 0 Å². The lowest BCUT2D eigenvalue weighted by atomic mass is 10.1. The maximum atomic E-state index is 12.5. The fourth-order valence-electron chi connectivity index (χ4n) is 3.41. The first kappa shape index (κ1) is 21.0. The monoisotopic (exact) mass is 433 g/mol. The summed E-state index contributed by atoms with van der Waals surface area (Å²) in [6.45, 7) is 4.36. The van der Waals surface area contributed by atoms with Gasteiger partial charge in [0.2, 0.25) is 0 Å². The highest BCUT2D eigenvalue weighted by Crippen LogP contribution is 2.30. The zero-order chi connectivity index (χ0) is 21.6. The topological polar surface area (TPSA) is 100 Å². The Balaban J connectivity index is 1.89. The Labute approximate surface area is 164 Å². The van der Waals surface area contributed by atoms with Gasteiger partial charge in [-0.15, -0.1) is 0 Å². The van der Waals surface area contributed by atoms with Gasteiger partial charge in [-0.05, 0) is 38.1 Å². The second-order valence-electron chi connectivity index (χ2n) is 6.82. The molecule has 0 radical (unpaired) electrons. The number of rotatable bonds is 3. The molecule has 0 unspecified atom stereocenters. The first-order valence-corrected chi connectivity index (χ1v) is 9.96. The van der Waals surface area contributed by atoms with E-state index in [0.717, 1.165) is 12.1 Å². The number of halogens is 3. The standard InChI is InChI=1S/C17H18F3N3O5S/c1-10-8-22(9-11(2)23(10)16(24)25)13-5-12-6-14(3-4-15(12)21-7-13)28-29(26,27)17(18,19)20/h3-7,10-11H,8-9H2,1-2H3,(H,24,25)/t10-,11+. The second-order valence-corrected chi connectivity index (χ2v) is 8.36. The Bertz CT molecular complexity index is 1030. The van der Waals surface area contributed by atoms with Crippen LogP contribution in [0.25, 0.3) is 10.9 Å². The molecule has 1 saturated heterocycles. The number of amides is 1. The number of pyridine rings is 1. The van der Waals surface area contributed by atoms with Crippen LogP contribution in [0.4, 0.5) is 23.7 Å². The van der Waals surface area contributed by atoms with E-state index in [1.165, 1.54) is 11.0 Å². The molecule has 1 amide bonds. The first-order valence-electron chi connectivity index (χ1n) is 8.56. The van der Waals surface area contributed by atoms with Crippen LogP contribution < -0.4 is 9.08 Å². The zero-order valence-electron chi connectivity index (χ0n) is 15.4. The summed E-state index contributed by atoms with van der Waals surface area (Å²) in [5.41, 5.74) is -4.45. The molecule has 0 bridgehead atoms. The van der Waals surface area contributed by atoms with Gasteiger partial charge in [0.05, 0.1) is 29.5 Å². The second kappa shape index (κ2) is 7.25. The van der Waals surface area contributed by atoms with Gasteiger partial charge < -0.3 is 14.2 Å². The third-order valence-corrected chi connectivity index (χ3v) is 5.61. The average molecular weight is 433 g/mol. The van der Waals surface area contributed by atoms with E-state index < -0.39 is 27.5 Å². The first-order chi connectivity index (χ1) is 13.4. The van der Waals surface area contributed by atoms with Crippen molar-refractivity contribution in [1.82, 2.24) is 9.88 Å². The summed E-state index contributed by atoms with van der Waals surface area (Å²) in [4.78, 5) is 18.9. The lowest BCUT2D eigenvalue weighted by molar-refractivity contribution is -0.0500. The van der Waals surface area contributed by atoms with Gasteiger partial charge in [0.1, 0.15) is 5.75 Å². The van der Waals surface area contributed by atoms with Crippen molar-refractivity contribution < 1.29 is 35.7 Å². The largest absolute Gasteiger partial charge is 0.534 e. The van der Waals surface area contributed by atoms with E-state index in [-0.39, 0.29) is 12.1 Å². The molecule has 8 nitrogen and oxygen atoms in total. The molecule has 12 heteroatoms. The number of piperazine rings is 1. The summed E-state index contributed by atoms with van der Waals surface area (Å²) >= 11 is 0. The van der Waals surface area contributed by atoms with Crippen molar-refractivity contribution in [2.75, 3.05) is 18.0 Å². The molecule has 0 saturated carbocycles. The lowest BCUT2D eigenvalue weighted by Crippen LogP contribution is -2.58. The van der Waals surface area contributed by atoms with E-state index in [0.29, 0.717) is 29.7 Å². The van der Waals surface area contributed by atoms with Gasteiger partial charge in [0.25, 0.3) is 0 Å². The number of hydrogen-bond acceptors (Lipinski definition) is 6. The van der Waals surface area contributed by atoms with Crippen LogP contribution >= 0.6 is 0 Å². The molecule has 1 aromatic heterocycles. The van der Waals surface area contributed by atoms with Crippen LogP contribution in [0.3, 0.4) is 0 Å². The Kier molecular flexibility index (Phi) is 5.24. The molecule has 1 N–H and O–H groups in total. The number of carboxylic acid groups (broad SMARTS) is 1. The number of anilines is 1. The predicted molar refractivity (Wildman–Crippen MR) is 98.3 cm³/mol. The molecule has 3 rings (SSSR count). The summed E-state index contributed by atoms with van der Waals surface area (Å²) in [7, 11) is -5.77.